The van der Waals surface area contributed by atoms with Crippen LogP contribution < -0.4 is 4.72 Å². The highest BCUT2D eigenvalue weighted by molar-refractivity contribution is 7.89. The van der Waals surface area contributed by atoms with Crippen LogP contribution >= 0.6 is 11.6 Å². The van der Waals surface area contributed by atoms with Gasteiger partial charge in [0.05, 0.1) is 22.0 Å². The van der Waals surface area contributed by atoms with Crippen molar-refractivity contribution in [2.24, 2.45) is 0 Å². The number of halogens is 9. The lowest BCUT2D eigenvalue weighted by Gasteiger charge is -2.20. The molecule has 0 aliphatic heterocycles. The fraction of sp³-hybridized carbons (Fsp3) is 0.143. The predicted molar refractivity (Wildman–Crippen MR) is 212 cm³/mol. The van der Waals surface area contributed by atoms with Crippen LogP contribution in [0, 0.1) is 11.6 Å². The molecule has 0 radical (unpaired) electrons. The summed E-state index contributed by atoms with van der Waals surface area (Å²) in [4.78, 5) is 23.7. The Bertz CT molecular complexity index is 2800. The average molecular weight is 884 g/mol. The summed E-state index contributed by atoms with van der Waals surface area (Å²) in [7, 11) is -3.83. The highest BCUT2D eigenvalue weighted by atomic mass is 35.5. The summed E-state index contributed by atoms with van der Waals surface area (Å²) >= 11 is 5.77. The van der Waals surface area contributed by atoms with E-state index in [0.717, 1.165) is 36.4 Å². The SMILES string of the molecule is CC(C)(C)NS(=O)(=O)c1cccc(-c2cc(-c3nc(-c4ccc(F)cc4)cc(C(F)(F)F)n3)ccn2)c1.Fc1ccc(-c2cc(C(F)(F)F)nc(-c3ccnc(Cl)c3)n2)cc1. The summed E-state index contributed by atoms with van der Waals surface area (Å²) in [5, 5.41) is 0.108. The van der Waals surface area contributed by atoms with Crippen LogP contribution in [0.5, 0.6) is 0 Å². The maximum Gasteiger partial charge on any atom is 0.433 e. The van der Waals surface area contributed by atoms with Gasteiger partial charge < -0.3 is 0 Å². The van der Waals surface area contributed by atoms with Gasteiger partial charge in [0.1, 0.15) is 28.2 Å². The molecule has 3 aromatic carbocycles. The minimum atomic E-state index is -4.74. The van der Waals surface area contributed by atoms with Gasteiger partial charge in [-0.05, 0) is 118 Å². The van der Waals surface area contributed by atoms with Gasteiger partial charge in [0.15, 0.2) is 11.6 Å². The maximum atomic E-state index is 13.6. The van der Waals surface area contributed by atoms with Crippen molar-refractivity contribution in [2.45, 2.75) is 43.6 Å². The number of rotatable bonds is 7. The van der Waals surface area contributed by atoms with E-state index in [4.69, 9.17) is 11.6 Å². The third kappa shape index (κ3) is 11.5. The normalized spacial score (nSPS) is 12.1. The van der Waals surface area contributed by atoms with E-state index in [0.29, 0.717) is 22.4 Å². The molecular formula is C42H30ClF8N7O2S. The van der Waals surface area contributed by atoms with Crippen molar-refractivity contribution in [3.63, 3.8) is 0 Å². The lowest BCUT2D eigenvalue weighted by molar-refractivity contribution is -0.141. The molecule has 314 valence electrons. The highest BCUT2D eigenvalue weighted by Crippen LogP contribution is 2.35. The predicted octanol–water partition coefficient (Wildman–Crippen LogP) is 11.1. The Balaban J connectivity index is 0.000000223. The second kappa shape index (κ2) is 17.4. The smallest absolute Gasteiger partial charge is 0.256 e. The zero-order chi connectivity index (χ0) is 44.3. The molecule has 7 rings (SSSR count). The number of sulfonamides is 1. The van der Waals surface area contributed by atoms with Gasteiger partial charge in [-0.2, -0.15) is 26.3 Å². The summed E-state index contributed by atoms with van der Waals surface area (Å²) in [6.07, 6.45) is -6.67. The van der Waals surface area contributed by atoms with E-state index >= 15 is 0 Å². The molecule has 0 unspecified atom stereocenters. The van der Waals surface area contributed by atoms with Crippen LogP contribution in [-0.2, 0) is 22.4 Å². The van der Waals surface area contributed by atoms with Crippen LogP contribution in [0.1, 0.15) is 32.2 Å². The Morgan fingerprint density at radius 2 is 1.00 bits per heavy atom. The summed E-state index contributed by atoms with van der Waals surface area (Å²) in [6, 6.07) is 23.3. The summed E-state index contributed by atoms with van der Waals surface area (Å²) in [5.41, 5.74) is -1.05. The Morgan fingerprint density at radius 1 is 0.525 bits per heavy atom. The van der Waals surface area contributed by atoms with E-state index < -0.39 is 50.9 Å². The molecule has 0 amide bonds. The van der Waals surface area contributed by atoms with Gasteiger partial charge in [-0.25, -0.2) is 46.8 Å². The molecule has 0 saturated heterocycles. The number of pyridine rings is 2. The average Bonchev–Trinajstić information content (AvgIpc) is 3.20. The number of hydrogen-bond donors (Lipinski definition) is 1. The maximum absolute atomic E-state index is 13.6. The van der Waals surface area contributed by atoms with Crippen molar-refractivity contribution >= 4 is 21.6 Å². The molecule has 0 fully saturated rings. The fourth-order valence-corrected chi connectivity index (χ4v) is 7.17. The number of benzene rings is 3. The van der Waals surface area contributed by atoms with Crippen LogP contribution in [-0.4, -0.2) is 43.9 Å². The van der Waals surface area contributed by atoms with Gasteiger partial charge in [0.25, 0.3) is 0 Å². The number of nitrogens with zero attached hydrogens (tertiary/aromatic N) is 6. The minimum Gasteiger partial charge on any atom is -0.256 e. The van der Waals surface area contributed by atoms with Crippen molar-refractivity contribution in [2.75, 3.05) is 0 Å². The first kappa shape index (κ1) is 44.3. The first-order valence-electron chi connectivity index (χ1n) is 17.7. The molecule has 7 aromatic rings. The van der Waals surface area contributed by atoms with Crippen molar-refractivity contribution in [3.05, 3.63) is 150 Å². The highest BCUT2D eigenvalue weighted by Gasteiger charge is 2.35. The second-order valence-corrected chi connectivity index (χ2v) is 16.2. The molecule has 4 heterocycles. The molecular weight excluding hydrogens is 854 g/mol. The minimum absolute atomic E-state index is 0.0149. The molecule has 0 spiro atoms. The van der Waals surface area contributed by atoms with E-state index in [1.807, 2.05) is 0 Å². The topological polar surface area (TPSA) is 124 Å². The van der Waals surface area contributed by atoms with Gasteiger partial charge in [-0.15, -0.1) is 0 Å². The van der Waals surface area contributed by atoms with Gasteiger partial charge in [0.2, 0.25) is 10.0 Å². The van der Waals surface area contributed by atoms with Gasteiger partial charge in [-0.1, -0.05) is 23.7 Å². The van der Waals surface area contributed by atoms with Gasteiger partial charge in [-0.3, -0.25) is 4.98 Å². The molecule has 4 aromatic heterocycles. The van der Waals surface area contributed by atoms with Crippen LogP contribution in [0.15, 0.2) is 126 Å². The van der Waals surface area contributed by atoms with E-state index in [9.17, 15) is 43.5 Å². The van der Waals surface area contributed by atoms with Gasteiger partial charge >= 0.3 is 12.4 Å². The molecule has 0 aliphatic carbocycles. The molecule has 0 atom stereocenters. The second-order valence-electron chi connectivity index (χ2n) is 14.1. The van der Waals surface area contributed by atoms with E-state index in [2.05, 4.69) is 34.6 Å². The Morgan fingerprint density at radius 3 is 1.46 bits per heavy atom. The third-order valence-electron chi connectivity index (χ3n) is 8.20. The van der Waals surface area contributed by atoms with Gasteiger partial charge in [0, 0.05) is 45.7 Å². The largest absolute Gasteiger partial charge is 0.433 e. The fourth-order valence-electron chi connectivity index (χ4n) is 5.53. The van der Waals surface area contributed by atoms with E-state index in [1.165, 1.54) is 73.1 Å². The number of hydrogen-bond acceptors (Lipinski definition) is 8. The Labute approximate surface area is 348 Å². The summed E-state index contributed by atoms with van der Waals surface area (Å²) < 4.78 is 135. The quantitative estimate of drug-likeness (QED) is 0.124. The zero-order valence-electron chi connectivity index (χ0n) is 31.9. The van der Waals surface area contributed by atoms with Crippen LogP contribution in [0.4, 0.5) is 35.1 Å². The summed E-state index contributed by atoms with van der Waals surface area (Å²) in [5.74, 6) is -1.38. The van der Waals surface area contributed by atoms with Crippen molar-refractivity contribution in [1.29, 1.82) is 0 Å². The number of alkyl halides is 6. The first-order valence-corrected chi connectivity index (χ1v) is 19.6. The van der Waals surface area contributed by atoms with Crippen molar-refractivity contribution < 1.29 is 43.5 Å². The van der Waals surface area contributed by atoms with Crippen molar-refractivity contribution in [1.82, 2.24) is 34.6 Å². The van der Waals surface area contributed by atoms with Crippen LogP contribution in [0.2, 0.25) is 5.15 Å². The molecule has 1 N–H and O–H groups in total. The number of nitrogens with one attached hydrogen (secondary N) is 1. The van der Waals surface area contributed by atoms with E-state index in [1.54, 1.807) is 32.9 Å². The summed E-state index contributed by atoms with van der Waals surface area (Å²) in [6.45, 7) is 5.15. The zero-order valence-corrected chi connectivity index (χ0v) is 33.4. The molecule has 9 nitrogen and oxygen atoms in total. The molecule has 0 saturated carbocycles. The Kier molecular flexibility index (Phi) is 12.6. The molecule has 61 heavy (non-hydrogen) atoms. The molecule has 0 bridgehead atoms. The molecule has 19 heteroatoms. The number of aromatic nitrogens is 6. The van der Waals surface area contributed by atoms with Crippen LogP contribution in [0.25, 0.3) is 56.5 Å². The van der Waals surface area contributed by atoms with Crippen LogP contribution in [0.3, 0.4) is 0 Å². The Hall–Kier alpha value is -6.24. The molecule has 0 aliphatic rings. The lowest BCUT2D eigenvalue weighted by atomic mass is 10.1. The first-order chi connectivity index (χ1) is 28.5. The lowest BCUT2D eigenvalue weighted by Crippen LogP contribution is -2.40. The third-order valence-corrected chi connectivity index (χ3v) is 10.2. The monoisotopic (exact) mass is 883 g/mol. The van der Waals surface area contributed by atoms with Crippen molar-refractivity contribution in [3.8, 4) is 56.5 Å². The van der Waals surface area contributed by atoms with E-state index in [-0.39, 0.29) is 44.2 Å². The standard InChI is InChI=1S/C26H22F4N4O2S.C16H8ClF4N3/c1-25(2,3)34-37(35,36)20-6-4-5-17(13-20)21-14-18(11-12-31-21)24-32-22(15-23(33-24)26(28,29)30)16-7-9-19(27)10-8-16;17-14-7-10(5-6-22-14)15-23-12(8-13(24-15)16(19,20)21)9-1-3-11(18)4-2-9/h4-15,34H,1-3H3;1-8H.